The minimum atomic E-state index is -0.989. The van der Waals surface area contributed by atoms with Crippen LogP contribution < -0.4 is 5.32 Å². The molecule has 2 heterocycles. The second kappa shape index (κ2) is 17.3. The summed E-state index contributed by atoms with van der Waals surface area (Å²) in [5.74, 6) is -0.0154. The number of thioether (sulfide) groups is 1. The topological polar surface area (TPSA) is 114 Å². The number of rotatable bonds is 12. The maximum atomic E-state index is 13.3. The van der Waals surface area contributed by atoms with Crippen molar-refractivity contribution >= 4 is 29.7 Å². The van der Waals surface area contributed by atoms with Gasteiger partial charge in [0.05, 0.1) is 31.8 Å². The lowest BCUT2D eigenvalue weighted by molar-refractivity contribution is -0.268. The first-order chi connectivity index (χ1) is 26.4. The van der Waals surface area contributed by atoms with E-state index in [0.29, 0.717) is 0 Å². The Morgan fingerprint density at radius 2 is 1.48 bits per heavy atom. The number of nitrogens with one attached hydrogen (secondary N) is 1. The molecule has 2 N–H and O–H groups in total. The van der Waals surface area contributed by atoms with Crippen molar-refractivity contribution < 1.29 is 33.7 Å². The van der Waals surface area contributed by atoms with Crippen LogP contribution in [0.5, 0.6) is 0 Å². The number of imide groups is 1. The number of alkyl carbamates (subject to hydrolysis) is 1. The first-order valence-electron chi connectivity index (χ1n) is 18.0. The van der Waals surface area contributed by atoms with Gasteiger partial charge in [-0.2, -0.15) is 0 Å². The van der Waals surface area contributed by atoms with Crippen molar-refractivity contribution in [3.05, 3.63) is 161 Å². The maximum Gasteiger partial charge on any atom is 0.408 e. The summed E-state index contributed by atoms with van der Waals surface area (Å²) < 4.78 is 18.6. The summed E-state index contributed by atoms with van der Waals surface area (Å²) in [6.07, 6.45) is -1.82. The molecule has 0 radical (unpaired) electrons. The summed E-state index contributed by atoms with van der Waals surface area (Å²) in [7, 11) is 0. The Morgan fingerprint density at radius 1 is 0.815 bits per heavy atom. The van der Waals surface area contributed by atoms with Gasteiger partial charge in [-0.25, -0.2) is 4.79 Å². The number of ether oxygens (including phenoxy) is 3. The molecule has 3 amide bonds. The van der Waals surface area contributed by atoms with E-state index in [0.717, 1.165) is 44.7 Å². The second-order valence-electron chi connectivity index (χ2n) is 13.5. The Labute approximate surface area is 319 Å². The molecule has 9 nitrogen and oxygen atoms in total. The van der Waals surface area contributed by atoms with Crippen LogP contribution in [0.4, 0.5) is 4.79 Å². The molecule has 2 aliphatic rings. The summed E-state index contributed by atoms with van der Waals surface area (Å²) in [5.41, 5.74) is 6.13. The minimum Gasteiger partial charge on any atom is -0.445 e. The predicted octanol–water partition coefficient (Wildman–Crippen LogP) is 7.98. The van der Waals surface area contributed by atoms with Gasteiger partial charge in [0.25, 0.3) is 5.91 Å². The van der Waals surface area contributed by atoms with E-state index in [-0.39, 0.29) is 50.2 Å². The van der Waals surface area contributed by atoms with Gasteiger partial charge in [-0.05, 0) is 45.5 Å². The molecule has 7 rings (SSSR count). The maximum absolute atomic E-state index is 13.3. The monoisotopic (exact) mass is 742 g/mol. The standard InChI is InChI=1S/C44H42N2O7S/c1-29-39(28-54-36-13-6-3-7-14-36)52-43(53-41(29)33-18-16-30(26-47)17-19-33)34-22-20-32(21-23-34)37-15-9-8-12-35(37)25-46-40(48)24-38(42(46)49)45-44(50)51-27-31-10-4-2-5-11-31/h2-23,29,38-39,41,43,47H,24-28H2,1H3,(H,45,50)/t29-,38?,39+,41+,43+/m0/s1. The van der Waals surface area contributed by atoms with Crippen LogP contribution >= 0.6 is 11.8 Å². The summed E-state index contributed by atoms with van der Waals surface area (Å²) in [5, 5.41) is 12.2. The molecule has 2 fully saturated rings. The zero-order chi connectivity index (χ0) is 37.4. The van der Waals surface area contributed by atoms with E-state index in [1.165, 1.54) is 9.80 Å². The molecule has 0 aliphatic carbocycles. The highest BCUT2D eigenvalue weighted by atomic mass is 32.2. The predicted molar refractivity (Wildman–Crippen MR) is 206 cm³/mol. The van der Waals surface area contributed by atoms with E-state index >= 15 is 0 Å². The third-order valence-corrected chi connectivity index (χ3v) is 11.0. The lowest BCUT2D eigenvalue weighted by atomic mass is 9.91. The molecular formula is C44H42N2O7S. The SMILES string of the molecule is C[C@H]1[C@@H](CSc2ccccc2)O[C@@H](c2ccc(-c3ccccc3CN3C(=O)CC(NC(=O)OCc4ccccc4)C3=O)cc2)O[C@H]1c1ccc(CO)cc1. The lowest BCUT2D eigenvalue weighted by Crippen LogP contribution is -2.41. The lowest BCUT2D eigenvalue weighted by Gasteiger charge is -2.41. The molecule has 5 aromatic carbocycles. The normalized spacial score (nSPS) is 21.2. The summed E-state index contributed by atoms with van der Waals surface area (Å²) in [4.78, 5) is 41.2. The molecule has 0 spiro atoms. The van der Waals surface area contributed by atoms with Crippen molar-refractivity contribution in [1.29, 1.82) is 0 Å². The first-order valence-corrected chi connectivity index (χ1v) is 19.0. The van der Waals surface area contributed by atoms with Crippen LogP contribution in [-0.4, -0.2) is 45.8 Å². The number of likely N-dealkylation sites (tertiary alicyclic amines) is 1. The second-order valence-corrected chi connectivity index (χ2v) is 14.6. The molecule has 10 heteroatoms. The number of hydrogen-bond acceptors (Lipinski definition) is 8. The summed E-state index contributed by atoms with van der Waals surface area (Å²) in [6, 6.07) is 42.0. The molecule has 0 saturated carbocycles. The average Bonchev–Trinajstić information content (AvgIpc) is 3.47. The number of nitrogens with zero attached hydrogens (tertiary/aromatic N) is 1. The number of carbonyl (C=O) groups is 3. The van der Waals surface area contributed by atoms with Crippen LogP contribution in [0.3, 0.4) is 0 Å². The zero-order valence-electron chi connectivity index (χ0n) is 29.9. The van der Waals surface area contributed by atoms with Crippen LogP contribution in [-0.2, 0) is 43.6 Å². The van der Waals surface area contributed by atoms with E-state index in [4.69, 9.17) is 14.2 Å². The first kappa shape index (κ1) is 37.1. The zero-order valence-corrected chi connectivity index (χ0v) is 30.7. The van der Waals surface area contributed by atoms with Crippen molar-refractivity contribution in [3.8, 4) is 11.1 Å². The van der Waals surface area contributed by atoms with Gasteiger partial charge in [-0.3, -0.25) is 14.5 Å². The van der Waals surface area contributed by atoms with Gasteiger partial charge in [0.2, 0.25) is 5.91 Å². The Morgan fingerprint density at radius 3 is 2.20 bits per heavy atom. The minimum absolute atomic E-state index is 0.0205. The largest absolute Gasteiger partial charge is 0.445 e. The molecular weight excluding hydrogens is 701 g/mol. The number of benzene rings is 5. The fourth-order valence-corrected chi connectivity index (χ4v) is 7.89. The highest BCUT2D eigenvalue weighted by molar-refractivity contribution is 7.99. The smallest absolute Gasteiger partial charge is 0.408 e. The van der Waals surface area contributed by atoms with Crippen LogP contribution in [0.15, 0.2) is 138 Å². The number of amides is 3. The van der Waals surface area contributed by atoms with Gasteiger partial charge in [0.15, 0.2) is 6.29 Å². The highest BCUT2D eigenvalue weighted by Crippen LogP contribution is 2.43. The number of aliphatic hydroxyl groups is 1. The van der Waals surface area contributed by atoms with Gasteiger partial charge >= 0.3 is 6.09 Å². The fourth-order valence-electron chi connectivity index (χ4n) is 6.80. The highest BCUT2D eigenvalue weighted by Gasteiger charge is 2.40. The van der Waals surface area contributed by atoms with Crippen LogP contribution in [0.25, 0.3) is 11.1 Å². The van der Waals surface area contributed by atoms with Gasteiger partial charge < -0.3 is 24.6 Å². The number of carbonyl (C=O) groups excluding carboxylic acids is 3. The van der Waals surface area contributed by atoms with Gasteiger partial charge in [-0.1, -0.05) is 128 Å². The average molecular weight is 743 g/mol. The quantitative estimate of drug-likeness (QED) is 0.0978. The van der Waals surface area contributed by atoms with E-state index in [9.17, 15) is 19.5 Å². The van der Waals surface area contributed by atoms with Crippen LogP contribution in [0.1, 0.15) is 53.6 Å². The van der Waals surface area contributed by atoms with Crippen LogP contribution in [0.2, 0.25) is 0 Å². The summed E-state index contributed by atoms with van der Waals surface area (Å²) in [6.45, 7) is 2.26. The Kier molecular flexibility index (Phi) is 11.8. The van der Waals surface area contributed by atoms with Crippen molar-refractivity contribution in [2.45, 2.75) is 62.5 Å². The molecule has 54 heavy (non-hydrogen) atoms. The molecule has 0 bridgehead atoms. The van der Waals surface area contributed by atoms with E-state index < -0.39 is 24.3 Å². The molecule has 276 valence electrons. The van der Waals surface area contributed by atoms with E-state index in [1.807, 2.05) is 121 Å². The molecule has 0 aromatic heterocycles. The fraction of sp³-hybridized carbons (Fsp3) is 0.250. The Bertz CT molecular complexity index is 2040. The third kappa shape index (κ3) is 8.75. The Hall–Kier alpha value is -5.26. The van der Waals surface area contributed by atoms with Gasteiger partial charge in [-0.15, -0.1) is 11.8 Å². The molecule has 2 aliphatic heterocycles. The van der Waals surface area contributed by atoms with Crippen molar-refractivity contribution in [2.75, 3.05) is 5.75 Å². The molecule has 1 unspecified atom stereocenters. The number of hydrogen-bond donors (Lipinski definition) is 2. The van der Waals surface area contributed by atoms with E-state index in [2.05, 4.69) is 24.4 Å². The van der Waals surface area contributed by atoms with E-state index in [1.54, 1.807) is 11.8 Å². The number of aliphatic hydroxyl groups excluding tert-OH is 1. The van der Waals surface area contributed by atoms with Crippen molar-refractivity contribution in [3.63, 3.8) is 0 Å². The molecule has 2 saturated heterocycles. The molecule has 5 atom stereocenters. The van der Waals surface area contributed by atoms with Gasteiger partial charge in [0, 0.05) is 22.1 Å². The van der Waals surface area contributed by atoms with Gasteiger partial charge in [0.1, 0.15) is 12.6 Å². The summed E-state index contributed by atoms with van der Waals surface area (Å²) >= 11 is 1.76. The van der Waals surface area contributed by atoms with Crippen molar-refractivity contribution in [2.24, 2.45) is 5.92 Å². The Balaban J connectivity index is 1.04. The molecule has 5 aromatic rings. The van der Waals surface area contributed by atoms with Crippen LogP contribution in [0, 0.1) is 5.92 Å². The third-order valence-electron chi connectivity index (χ3n) is 9.87. The van der Waals surface area contributed by atoms with Crippen molar-refractivity contribution in [1.82, 2.24) is 10.2 Å².